The fraction of sp³-hybridized carbons (Fsp3) is 0.600. The average Bonchev–Trinajstić information content (AvgIpc) is 2.87. The predicted octanol–water partition coefficient (Wildman–Crippen LogP) is 2.89. The molecule has 6 heteroatoms. The number of hydrogen-bond acceptors (Lipinski definition) is 4. The molecule has 2 rings (SSSR count). The molecule has 1 fully saturated rings. The first kappa shape index (κ1) is 20.2. The Morgan fingerprint density at radius 3 is 2.50 bits per heavy atom. The maximum absolute atomic E-state index is 12.5. The number of rotatable bonds is 5. The van der Waals surface area contributed by atoms with Crippen LogP contribution in [0.25, 0.3) is 0 Å². The normalized spacial score (nSPS) is 17.3. The Morgan fingerprint density at radius 1 is 1.15 bits per heavy atom. The van der Waals surface area contributed by atoms with Gasteiger partial charge in [0.05, 0.1) is 6.04 Å². The molecule has 26 heavy (non-hydrogen) atoms. The van der Waals surface area contributed by atoms with Crippen LogP contribution in [0.1, 0.15) is 40.5 Å². The van der Waals surface area contributed by atoms with Crippen molar-refractivity contribution in [3.8, 4) is 5.75 Å². The third kappa shape index (κ3) is 5.73. The molecule has 2 amide bonds. The van der Waals surface area contributed by atoms with Crippen molar-refractivity contribution >= 4 is 12.0 Å². The number of nitrogens with zero attached hydrogens (tertiary/aromatic N) is 2. The van der Waals surface area contributed by atoms with Crippen LogP contribution in [0.5, 0.6) is 5.75 Å². The summed E-state index contributed by atoms with van der Waals surface area (Å²) >= 11 is 0. The first-order valence-corrected chi connectivity index (χ1v) is 9.40. The Balaban J connectivity index is 1.88. The minimum Gasteiger partial charge on any atom is -0.410 e. The summed E-state index contributed by atoms with van der Waals surface area (Å²) in [5.41, 5.74) is -0.206. The molecule has 1 saturated heterocycles. The second kappa shape index (κ2) is 9.03. The molecule has 0 unspecified atom stereocenters. The number of para-hydroxylation sites is 1. The van der Waals surface area contributed by atoms with E-state index >= 15 is 0 Å². The maximum Gasteiger partial charge on any atom is 0.415 e. The Hall–Kier alpha value is -2.08. The van der Waals surface area contributed by atoms with E-state index in [1.54, 1.807) is 17.0 Å². The van der Waals surface area contributed by atoms with Crippen molar-refractivity contribution in [2.75, 3.05) is 26.2 Å². The molecule has 1 aliphatic rings. The third-order valence-electron chi connectivity index (χ3n) is 5.01. The molecule has 1 atom stereocenters. The van der Waals surface area contributed by atoms with Crippen molar-refractivity contribution in [3.63, 3.8) is 0 Å². The van der Waals surface area contributed by atoms with Crippen molar-refractivity contribution in [2.45, 2.75) is 52.1 Å². The van der Waals surface area contributed by atoms with Crippen LogP contribution in [-0.4, -0.2) is 59.6 Å². The van der Waals surface area contributed by atoms with Crippen molar-refractivity contribution < 1.29 is 14.3 Å². The van der Waals surface area contributed by atoms with Gasteiger partial charge in [-0.15, -0.1) is 0 Å². The monoisotopic (exact) mass is 361 g/mol. The standard InChI is InChI=1S/C20H31N3O3/c1-5-20(3,4)21-18(24)16(2)22-12-9-13-23(15-14-22)19(25)26-17-10-7-6-8-11-17/h6-8,10-11,16H,5,9,12-15H2,1-4H3,(H,21,24)/t16-/m0/s1. The van der Waals surface area contributed by atoms with E-state index in [0.717, 1.165) is 19.4 Å². The van der Waals surface area contributed by atoms with Crippen molar-refractivity contribution in [3.05, 3.63) is 30.3 Å². The molecule has 0 saturated carbocycles. The Labute approximate surface area is 156 Å². The molecule has 6 nitrogen and oxygen atoms in total. The quantitative estimate of drug-likeness (QED) is 0.876. The fourth-order valence-corrected chi connectivity index (χ4v) is 2.85. The molecule has 0 spiro atoms. The summed E-state index contributed by atoms with van der Waals surface area (Å²) in [6.07, 6.45) is 1.37. The van der Waals surface area contributed by atoms with Crippen LogP contribution in [0.15, 0.2) is 30.3 Å². The lowest BCUT2D eigenvalue weighted by Gasteiger charge is -2.31. The third-order valence-corrected chi connectivity index (χ3v) is 5.01. The molecule has 0 aromatic heterocycles. The Kier molecular flexibility index (Phi) is 7.03. The van der Waals surface area contributed by atoms with Gasteiger partial charge in [0.2, 0.25) is 5.91 Å². The maximum atomic E-state index is 12.5. The van der Waals surface area contributed by atoms with Gasteiger partial charge in [-0.3, -0.25) is 9.69 Å². The summed E-state index contributed by atoms with van der Waals surface area (Å²) in [6, 6.07) is 8.88. The summed E-state index contributed by atoms with van der Waals surface area (Å²) in [4.78, 5) is 28.7. The summed E-state index contributed by atoms with van der Waals surface area (Å²) in [5, 5.41) is 3.10. The Morgan fingerprint density at radius 2 is 1.85 bits per heavy atom. The topological polar surface area (TPSA) is 61.9 Å². The van der Waals surface area contributed by atoms with E-state index in [4.69, 9.17) is 4.74 Å². The largest absolute Gasteiger partial charge is 0.415 e. The minimum atomic E-state index is -0.331. The zero-order valence-corrected chi connectivity index (χ0v) is 16.3. The molecule has 0 aliphatic carbocycles. The highest BCUT2D eigenvalue weighted by Crippen LogP contribution is 2.14. The van der Waals surface area contributed by atoms with E-state index in [-0.39, 0.29) is 23.6 Å². The molecular formula is C20H31N3O3. The van der Waals surface area contributed by atoms with E-state index in [0.29, 0.717) is 25.4 Å². The van der Waals surface area contributed by atoms with Gasteiger partial charge in [0.15, 0.2) is 0 Å². The van der Waals surface area contributed by atoms with Gasteiger partial charge >= 0.3 is 6.09 Å². The van der Waals surface area contributed by atoms with Gasteiger partial charge in [0, 0.05) is 31.7 Å². The Bertz CT molecular complexity index is 604. The van der Waals surface area contributed by atoms with E-state index in [1.807, 2.05) is 39.0 Å². The number of amides is 2. The highest BCUT2D eigenvalue weighted by Gasteiger charge is 2.28. The van der Waals surface area contributed by atoms with Gasteiger partial charge in [0.1, 0.15) is 5.75 Å². The van der Waals surface area contributed by atoms with Gasteiger partial charge in [-0.2, -0.15) is 0 Å². The average molecular weight is 361 g/mol. The SMILES string of the molecule is CCC(C)(C)NC(=O)[C@H](C)N1CCCN(C(=O)Oc2ccccc2)CC1. The number of nitrogens with one attached hydrogen (secondary N) is 1. The van der Waals surface area contributed by atoms with Crippen LogP contribution in [0.2, 0.25) is 0 Å². The van der Waals surface area contributed by atoms with Gasteiger partial charge < -0.3 is 15.0 Å². The highest BCUT2D eigenvalue weighted by molar-refractivity contribution is 5.82. The van der Waals surface area contributed by atoms with Crippen LogP contribution < -0.4 is 10.1 Å². The van der Waals surface area contributed by atoms with Crippen molar-refractivity contribution in [1.29, 1.82) is 0 Å². The van der Waals surface area contributed by atoms with Gasteiger partial charge in [-0.25, -0.2) is 4.79 Å². The molecule has 1 heterocycles. The number of ether oxygens (including phenoxy) is 1. The zero-order valence-electron chi connectivity index (χ0n) is 16.3. The molecule has 1 aliphatic heterocycles. The predicted molar refractivity (Wildman–Crippen MR) is 102 cm³/mol. The zero-order chi connectivity index (χ0) is 19.2. The summed E-state index contributed by atoms with van der Waals surface area (Å²) in [5.74, 6) is 0.588. The second-order valence-electron chi connectivity index (χ2n) is 7.46. The number of benzene rings is 1. The van der Waals surface area contributed by atoms with Gasteiger partial charge in [0.25, 0.3) is 0 Å². The first-order chi connectivity index (χ1) is 12.3. The number of carbonyl (C=O) groups excluding carboxylic acids is 2. The molecule has 1 aromatic rings. The molecular weight excluding hydrogens is 330 g/mol. The van der Waals surface area contributed by atoms with Crippen LogP contribution in [0.4, 0.5) is 4.79 Å². The van der Waals surface area contributed by atoms with E-state index < -0.39 is 0 Å². The van der Waals surface area contributed by atoms with Gasteiger partial charge in [-0.1, -0.05) is 25.1 Å². The molecule has 144 valence electrons. The summed E-state index contributed by atoms with van der Waals surface area (Å²) < 4.78 is 5.42. The first-order valence-electron chi connectivity index (χ1n) is 9.40. The number of carbonyl (C=O) groups is 2. The van der Waals surface area contributed by atoms with Crippen molar-refractivity contribution in [2.24, 2.45) is 0 Å². The lowest BCUT2D eigenvalue weighted by molar-refractivity contribution is -0.127. The van der Waals surface area contributed by atoms with Gasteiger partial charge in [-0.05, 0) is 45.7 Å². The van der Waals surface area contributed by atoms with E-state index in [9.17, 15) is 9.59 Å². The van der Waals surface area contributed by atoms with E-state index in [2.05, 4.69) is 17.1 Å². The molecule has 0 bridgehead atoms. The van der Waals surface area contributed by atoms with E-state index in [1.165, 1.54) is 0 Å². The van der Waals surface area contributed by atoms with Crippen molar-refractivity contribution in [1.82, 2.24) is 15.1 Å². The lowest BCUT2D eigenvalue weighted by atomic mass is 10.0. The number of hydrogen-bond donors (Lipinski definition) is 1. The smallest absolute Gasteiger partial charge is 0.410 e. The summed E-state index contributed by atoms with van der Waals surface area (Å²) in [6.45, 7) is 10.7. The minimum absolute atomic E-state index is 0.0390. The van der Waals surface area contributed by atoms with Crippen LogP contribution in [-0.2, 0) is 4.79 Å². The fourth-order valence-electron chi connectivity index (χ4n) is 2.85. The van der Waals surface area contributed by atoms with Crippen LogP contribution >= 0.6 is 0 Å². The molecule has 1 aromatic carbocycles. The highest BCUT2D eigenvalue weighted by atomic mass is 16.6. The second-order valence-corrected chi connectivity index (χ2v) is 7.46. The summed E-state index contributed by atoms with van der Waals surface area (Å²) in [7, 11) is 0. The van der Waals surface area contributed by atoms with Crippen LogP contribution in [0, 0.1) is 0 Å². The lowest BCUT2D eigenvalue weighted by Crippen LogP contribution is -2.52. The molecule has 0 radical (unpaired) electrons. The molecule has 1 N–H and O–H groups in total. The van der Waals surface area contributed by atoms with Crippen LogP contribution in [0.3, 0.4) is 0 Å².